The van der Waals surface area contributed by atoms with Gasteiger partial charge in [0.05, 0.1) is 5.75 Å². The Morgan fingerprint density at radius 2 is 2.35 bits per heavy atom. The summed E-state index contributed by atoms with van der Waals surface area (Å²) in [5.41, 5.74) is 3.88. The summed E-state index contributed by atoms with van der Waals surface area (Å²) in [4.78, 5) is 11.8. The zero-order valence-corrected chi connectivity index (χ0v) is 12.8. The van der Waals surface area contributed by atoms with Crippen LogP contribution < -0.4 is 10.6 Å². The summed E-state index contributed by atoms with van der Waals surface area (Å²) in [7, 11) is 0. The Kier molecular flexibility index (Phi) is 6.15. The van der Waals surface area contributed by atoms with E-state index < -0.39 is 0 Å². The van der Waals surface area contributed by atoms with Crippen molar-refractivity contribution in [3.63, 3.8) is 0 Å². The van der Waals surface area contributed by atoms with Crippen molar-refractivity contribution >= 4 is 17.7 Å². The average molecular weight is 290 g/mol. The van der Waals surface area contributed by atoms with Crippen LogP contribution in [0.4, 0.5) is 0 Å². The van der Waals surface area contributed by atoms with E-state index in [-0.39, 0.29) is 5.91 Å². The molecule has 20 heavy (non-hydrogen) atoms. The van der Waals surface area contributed by atoms with Gasteiger partial charge in [-0.05, 0) is 25.5 Å². The summed E-state index contributed by atoms with van der Waals surface area (Å²) in [5, 5.41) is 6.26. The van der Waals surface area contributed by atoms with Crippen molar-refractivity contribution in [2.24, 2.45) is 0 Å². The van der Waals surface area contributed by atoms with Crippen molar-refractivity contribution in [1.82, 2.24) is 10.6 Å². The molecule has 0 radical (unpaired) electrons. The molecule has 2 N–H and O–H groups in total. The lowest BCUT2D eigenvalue weighted by atomic mass is 10.1. The normalized spacial score (nSPS) is 14.8. The fourth-order valence-corrected chi connectivity index (χ4v) is 2.96. The van der Waals surface area contributed by atoms with Crippen molar-refractivity contribution in [3.8, 4) is 0 Å². The quantitative estimate of drug-likeness (QED) is 0.790. The van der Waals surface area contributed by atoms with Gasteiger partial charge < -0.3 is 10.6 Å². The first-order valence-corrected chi connectivity index (χ1v) is 8.18. The molecule has 0 saturated heterocycles. The third-order valence-corrected chi connectivity index (χ3v) is 4.26. The van der Waals surface area contributed by atoms with Gasteiger partial charge in [-0.2, -0.15) is 0 Å². The third kappa shape index (κ3) is 5.39. The lowest BCUT2D eigenvalue weighted by Gasteiger charge is -2.14. The number of thioether (sulfide) groups is 1. The monoisotopic (exact) mass is 290 g/mol. The van der Waals surface area contributed by atoms with Crippen LogP contribution in [0, 0.1) is 6.92 Å². The van der Waals surface area contributed by atoms with E-state index in [0.29, 0.717) is 12.3 Å². The molecule has 108 valence electrons. The molecular weight excluding hydrogens is 268 g/mol. The Balaban J connectivity index is 1.64. The molecule has 4 heteroatoms. The second-order valence-corrected chi connectivity index (χ2v) is 6.06. The van der Waals surface area contributed by atoms with Gasteiger partial charge in [0, 0.05) is 18.8 Å². The molecule has 0 atom stereocenters. The first kappa shape index (κ1) is 15.1. The lowest BCUT2D eigenvalue weighted by molar-refractivity contribution is -0.118. The Labute approximate surface area is 125 Å². The molecule has 0 fully saturated rings. The number of carbonyl (C=O) groups is 1. The highest BCUT2D eigenvalue weighted by atomic mass is 32.2. The average Bonchev–Trinajstić information content (AvgIpc) is 2.46. The number of nitrogens with one attached hydrogen (secondary N) is 2. The first-order chi connectivity index (χ1) is 9.74. The summed E-state index contributed by atoms with van der Waals surface area (Å²) in [6.07, 6.45) is 3.21. The molecule has 1 aliphatic heterocycles. The molecular formula is C16H22N2OS. The van der Waals surface area contributed by atoms with Crippen molar-refractivity contribution in [1.29, 1.82) is 0 Å². The molecule has 1 aromatic rings. The largest absolute Gasteiger partial charge is 0.352 e. The Bertz CT molecular complexity index is 485. The Morgan fingerprint density at radius 3 is 3.10 bits per heavy atom. The van der Waals surface area contributed by atoms with Crippen molar-refractivity contribution < 1.29 is 4.79 Å². The van der Waals surface area contributed by atoms with Crippen LogP contribution >= 0.6 is 11.8 Å². The van der Waals surface area contributed by atoms with Gasteiger partial charge in [-0.1, -0.05) is 41.5 Å². The minimum atomic E-state index is 0.127. The van der Waals surface area contributed by atoms with Crippen molar-refractivity contribution in [3.05, 3.63) is 47.0 Å². The molecule has 0 unspecified atom stereocenters. The minimum absolute atomic E-state index is 0.127. The van der Waals surface area contributed by atoms with E-state index in [1.54, 1.807) is 11.8 Å². The molecule has 0 saturated carbocycles. The number of benzene rings is 1. The third-order valence-electron chi connectivity index (χ3n) is 3.25. The number of hydrogen-bond acceptors (Lipinski definition) is 3. The second-order valence-electron chi connectivity index (χ2n) is 5.08. The van der Waals surface area contributed by atoms with E-state index in [2.05, 4.69) is 47.9 Å². The molecule has 1 heterocycles. The number of amides is 1. The molecule has 0 aromatic heterocycles. The van der Waals surface area contributed by atoms with Gasteiger partial charge in [-0.15, -0.1) is 11.8 Å². The maximum Gasteiger partial charge on any atom is 0.230 e. The van der Waals surface area contributed by atoms with Crippen LogP contribution in [0.25, 0.3) is 0 Å². The van der Waals surface area contributed by atoms with E-state index in [0.717, 1.165) is 25.3 Å². The molecule has 3 nitrogen and oxygen atoms in total. The number of rotatable bonds is 6. The maximum atomic E-state index is 11.8. The molecule has 1 aromatic carbocycles. The van der Waals surface area contributed by atoms with Crippen LogP contribution in [-0.2, 0) is 10.5 Å². The van der Waals surface area contributed by atoms with E-state index in [1.807, 2.05) is 0 Å². The summed E-state index contributed by atoms with van der Waals surface area (Å²) in [6, 6.07) is 8.44. The molecule has 0 aliphatic carbocycles. The summed E-state index contributed by atoms with van der Waals surface area (Å²) >= 11 is 1.67. The lowest BCUT2D eigenvalue weighted by Crippen LogP contribution is -2.30. The zero-order valence-electron chi connectivity index (χ0n) is 11.9. The molecule has 2 rings (SSSR count). The van der Waals surface area contributed by atoms with Crippen molar-refractivity contribution in [2.75, 3.05) is 25.4 Å². The van der Waals surface area contributed by atoms with Gasteiger partial charge in [0.2, 0.25) is 5.91 Å². The predicted molar refractivity (Wildman–Crippen MR) is 85.9 cm³/mol. The summed E-state index contributed by atoms with van der Waals surface area (Å²) in [5.74, 6) is 1.54. The van der Waals surface area contributed by atoms with Gasteiger partial charge in [-0.3, -0.25) is 4.79 Å². The van der Waals surface area contributed by atoms with E-state index >= 15 is 0 Å². The highest BCUT2D eigenvalue weighted by Gasteiger charge is 2.06. The van der Waals surface area contributed by atoms with Crippen LogP contribution in [0.5, 0.6) is 0 Å². The molecule has 1 aliphatic rings. The van der Waals surface area contributed by atoms with E-state index in [1.165, 1.54) is 16.7 Å². The maximum absolute atomic E-state index is 11.8. The zero-order chi connectivity index (χ0) is 14.2. The Morgan fingerprint density at radius 1 is 1.45 bits per heavy atom. The predicted octanol–water partition coefficient (Wildman–Crippen LogP) is 2.26. The van der Waals surface area contributed by atoms with Crippen LogP contribution in [0.1, 0.15) is 17.5 Å². The number of hydrogen-bond donors (Lipinski definition) is 2. The summed E-state index contributed by atoms with van der Waals surface area (Å²) in [6.45, 7) is 4.73. The second kappa shape index (κ2) is 8.12. The highest BCUT2D eigenvalue weighted by Crippen LogP contribution is 2.13. The smallest absolute Gasteiger partial charge is 0.230 e. The van der Waals surface area contributed by atoms with Crippen molar-refractivity contribution in [2.45, 2.75) is 19.1 Å². The van der Waals surface area contributed by atoms with Crippen LogP contribution in [0.2, 0.25) is 0 Å². The standard InChI is InChI=1S/C16H22N2OS/c1-13-3-2-4-15(9-13)11-20-12-16(19)18-10-14-5-7-17-8-6-14/h2-5,9,17H,6-8,10-12H2,1H3,(H,18,19). The molecule has 0 spiro atoms. The van der Waals surface area contributed by atoms with Crippen LogP contribution in [-0.4, -0.2) is 31.3 Å². The fraction of sp³-hybridized carbons (Fsp3) is 0.438. The number of carbonyl (C=O) groups excluding carboxylic acids is 1. The van der Waals surface area contributed by atoms with Gasteiger partial charge in [-0.25, -0.2) is 0 Å². The van der Waals surface area contributed by atoms with Gasteiger partial charge in [0.15, 0.2) is 0 Å². The SMILES string of the molecule is Cc1cccc(CSCC(=O)NCC2=CCNCC2)c1. The van der Waals surface area contributed by atoms with Crippen LogP contribution in [0.15, 0.2) is 35.9 Å². The topological polar surface area (TPSA) is 41.1 Å². The summed E-state index contributed by atoms with van der Waals surface area (Å²) < 4.78 is 0. The van der Waals surface area contributed by atoms with Crippen LogP contribution in [0.3, 0.4) is 0 Å². The number of aryl methyl sites for hydroxylation is 1. The molecule has 0 bridgehead atoms. The highest BCUT2D eigenvalue weighted by molar-refractivity contribution is 7.99. The van der Waals surface area contributed by atoms with Gasteiger partial charge in [0.1, 0.15) is 0 Å². The Hall–Kier alpha value is -1.26. The van der Waals surface area contributed by atoms with E-state index in [4.69, 9.17) is 0 Å². The fourth-order valence-electron chi connectivity index (χ4n) is 2.16. The minimum Gasteiger partial charge on any atom is -0.352 e. The van der Waals surface area contributed by atoms with Gasteiger partial charge >= 0.3 is 0 Å². The van der Waals surface area contributed by atoms with E-state index in [9.17, 15) is 4.79 Å². The molecule has 1 amide bonds. The van der Waals surface area contributed by atoms with Gasteiger partial charge in [0.25, 0.3) is 0 Å². The first-order valence-electron chi connectivity index (χ1n) is 7.02.